The highest BCUT2D eigenvalue weighted by atomic mass is 32.1. The Kier molecular flexibility index (Phi) is 5.23. The van der Waals surface area contributed by atoms with Crippen molar-refractivity contribution >= 4 is 33.3 Å². The summed E-state index contributed by atoms with van der Waals surface area (Å²) >= 11 is 1.42. The van der Waals surface area contributed by atoms with Crippen molar-refractivity contribution in [2.45, 2.75) is 27.3 Å². The number of rotatable bonds is 4. The van der Waals surface area contributed by atoms with Crippen LogP contribution in [0.5, 0.6) is 0 Å². The van der Waals surface area contributed by atoms with Crippen LogP contribution >= 0.6 is 11.3 Å². The standard InChI is InChI=1S/C20H23N5O2S/c1-12-16-13(2)23-14(3)24-20(16)28-17(12)19(26)22-11-15-5-4-6-21-18(15)25-7-9-27-10-8-25/h4-6H,7-11H2,1-3H3,(H,22,26). The summed E-state index contributed by atoms with van der Waals surface area (Å²) in [5, 5.41) is 4.04. The van der Waals surface area contributed by atoms with Crippen LogP contribution in [0.1, 0.15) is 32.3 Å². The Labute approximate surface area is 167 Å². The van der Waals surface area contributed by atoms with Gasteiger partial charge >= 0.3 is 0 Å². The maximum absolute atomic E-state index is 12.9. The van der Waals surface area contributed by atoms with Crippen molar-refractivity contribution in [1.29, 1.82) is 0 Å². The van der Waals surface area contributed by atoms with Gasteiger partial charge < -0.3 is 15.0 Å². The second kappa shape index (κ2) is 7.81. The zero-order chi connectivity index (χ0) is 19.7. The van der Waals surface area contributed by atoms with Crippen LogP contribution in [0.3, 0.4) is 0 Å². The number of nitrogens with zero attached hydrogens (tertiary/aromatic N) is 4. The molecule has 1 fully saturated rings. The largest absolute Gasteiger partial charge is 0.378 e. The third-order valence-electron chi connectivity index (χ3n) is 4.91. The minimum absolute atomic E-state index is 0.0886. The molecule has 0 bridgehead atoms. The van der Waals surface area contributed by atoms with Crippen molar-refractivity contribution in [3.8, 4) is 0 Å². The third kappa shape index (κ3) is 3.57. The number of carbonyl (C=O) groups is 1. The molecule has 1 N–H and O–H groups in total. The van der Waals surface area contributed by atoms with Crippen LogP contribution in [-0.4, -0.2) is 47.2 Å². The van der Waals surface area contributed by atoms with Crippen LogP contribution in [0.25, 0.3) is 10.2 Å². The van der Waals surface area contributed by atoms with Crippen LogP contribution in [0.15, 0.2) is 18.3 Å². The molecule has 7 nitrogen and oxygen atoms in total. The fourth-order valence-corrected chi connectivity index (χ4v) is 4.77. The van der Waals surface area contributed by atoms with Gasteiger partial charge in [-0.05, 0) is 32.4 Å². The van der Waals surface area contributed by atoms with Crippen molar-refractivity contribution in [3.05, 3.63) is 45.9 Å². The van der Waals surface area contributed by atoms with Gasteiger partial charge in [-0.15, -0.1) is 11.3 Å². The lowest BCUT2D eigenvalue weighted by atomic mass is 10.1. The van der Waals surface area contributed by atoms with E-state index in [1.807, 2.05) is 32.9 Å². The third-order valence-corrected chi connectivity index (χ3v) is 6.09. The predicted molar refractivity (Wildman–Crippen MR) is 110 cm³/mol. The summed E-state index contributed by atoms with van der Waals surface area (Å²) in [4.78, 5) is 30.1. The first-order valence-corrected chi connectivity index (χ1v) is 10.2. The number of hydrogen-bond donors (Lipinski definition) is 1. The Morgan fingerprint density at radius 3 is 2.82 bits per heavy atom. The Bertz CT molecular complexity index is 1030. The Morgan fingerprint density at radius 2 is 2.04 bits per heavy atom. The molecule has 0 saturated carbocycles. The number of hydrogen-bond acceptors (Lipinski definition) is 7. The van der Waals surface area contributed by atoms with E-state index in [0.717, 1.165) is 51.8 Å². The average Bonchev–Trinajstić information content (AvgIpc) is 3.03. The van der Waals surface area contributed by atoms with Crippen LogP contribution in [0.2, 0.25) is 0 Å². The molecule has 0 spiro atoms. The second-order valence-corrected chi connectivity index (χ2v) is 7.86. The number of pyridine rings is 1. The molecule has 8 heteroatoms. The van der Waals surface area contributed by atoms with Crippen LogP contribution in [-0.2, 0) is 11.3 Å². The molecule has 0 aliphatic carbocycles. The Hall–Kier alpha value is -2.58. The number of ether oxygens (including phenoxy) is 1. The topological polar surface area (TPSA) is 80.2 Å². The van der Waals surface area contributed by atoms with E-state index < -0.39 is 0 Å². The van der Waals surface area contributed by atoms with Gasteiger partial charge in [-0.2, -0.15) is 0 Å². The molecule has 146 valence electrons. The van der Waals surface area contributed by atoms with Crippen molar-refractivity contribution in [2.24, 2.45) is 0 Å². The van der Waals surface area contributed by atoms with Gasteiger partial charge in [0.2, 0.25) is 0 Å². The van der Waals surface area contributed by atoms with Crippen LogP contribution in [0.4, 0.5) is 5.82 Å². The molecular formula is C20H23N5O2S. The van der Waals surface area contributed by atoms with Gasteiger partial charge in [-0.25, -0.2) is 15.0 Å². The van der Waals surface area contributed by atoms with Crippen molar-refractivity contribution in [3.63, 3.8) is 0 Å². The van der Waals surface area contributed by atoms with Gasteiger partial charge in [0.1, 0.15) is 16.5 Å². The molecule has 0 radical (unpaired) electrons. The molecule has 0 aromatic carbocycles. The minimum atomic E-state index is -0.0886. The molecule has 3 aromatic rings. The van der Waals surface area contributed by atoms with E-state index in [9.17, 15) is 4.79 Å². The van der Waals surface area contributed by atoms with Gasteiger partial charge in [0.15, 0.2) is 0 Å². The molecule has 3 aromatic heterocycles. The van der Waals surface area contributed by atoms with E-state index in [0.29, 0.717) is 24.6 Å². The molecule has 4 heterocycles. The zero-order valence-corrected chi connectivity index (χ0v) is 17.1. The Morgan fingerprint density at radius 1 is 1.25 bits per heavy atom. The lowest BCUT2D eigenvalue weighted by molar-refractivity contribution is 0.0954. The first-order chi connectivity index (χ1) is 13.5. The quantitative estimate of drug-likeness (QED) is 0.729. The molecule has 4 rings (SSSR count). The first kappa shape index (κ1) is 18.8. The summed E-state index contributed by atoms with van der Waals surface area (Å²) in [7, 11) is 0. The summed E-state index contributed by atoms with van der Waals surface area (Å²) in [5.74, 6) is 1.55. The Balaban J connectivity index is 1.55. The van der Waals surface area contributed by atoms with E-state index in [1.165, 1.54) is 11.3 Å². The molecule has 1 amide bonds. The average molecular weight is 398 g/mol. The molecule has 0 unspecified atom stereocenters. The summed E-state index contributed by atoms with van der Waals surface area (Å²) < 4.78 is 5.43. The second-order valence-electron chi connectivity index (χ2n) is 6.86. The van der Waals surface area contributed by atoms with Crippen molar-refractivity contribution < 1.29 is 9.53 Å². The number of carbonyl (C=O) groups excluding carboxylic acids is 1. The number of thiophene rings is 1. The summed E-state index contributed by atoms with van der Waals surface area (Å²) in [6.45, 7) is 9.24. The fraction of sp³-hybridized carbons (Fsp3) is 0.400. The summed E-state index contributed by atoms with van der Waals surface area (Å²) in [6, 6.07) is 3.91. The van der Waals surface area contributed by atoms with E-state index in [2.05, 4.69) is 25.2 Å². The van der Waals surface area contributed by atoms with Crippen molar-refractivity contribution in [1.82, 2.24) is 20.3 Å². The summed E-state index contributed by atoms with van der Waals surface area (Å²) in [5.41, 5.74) is 2.86. The molecular weight excluding hydrogens is 374 g/mol. The van der Waals surface area contributed by atoms with E-state index in [1.54, 1.807) is 6.20 Å². The maximum Gasteiger partial charge on any atom is 0.261 e. The van der Waals surface area contributed by atoms with Gasteiger partial charge in [0.05, 0.1) is 18.1 Å². The van der Waals surface area contributed by atoms with Gasteiger partial charge in [0.25, 0.3) is 5.91 Å². The lowest BCUT2D eigenvalue weighted by Crippen LogP contribution is -2.37. The van der Waals surface area contributed by atoms with Crippen molar-refractivity contribution in [2.75, 3.05) is 31.2 Å². The molecule has 1 saturated heterocycles. The number of aryl methyl sites for hydroxylation is 3. The summed E-state index contributed by atoms with van der Waals surface area (Å²) in [6.07, 6.45) is 1.79. The number of aromatic nitrogens is 3. The van der Waals surface area contributed by atoms with E-state index in [4.69, 9.17) is 4.74 Å². The number of morpholine rings is 1. The number of anilines is 1. The van der Waals surface area contributed by atoms with Crippen LogP contribution < -0.4 is 10.2 Å². The van der Waals surface area contributed by atoms with E-state index in [-0.39, 0.29) is 5.91 Å². The monoisotopic (exact) mass is 397 g/mol. The van der Waals surface area contributed by atoms with Gasteiger partial charge in [-0.1, -0.05) is 6.07 Å². The number of amides is 1. The number of fused-ring (bicyclic) bond motifs is 1. The van der Waals surface area contributed by atoms with Gasteiger partial charge in [0, 0.05) is 42.5 Å². The highest BCUT2D eigenvalue weighted by molar-refractivity contribution is 7.20. The van der Waals surface area contributed by atoms with E-state index >= 15 is 0 Å². The zero-order valence-electron chi connectivity index (χ0n) is 16.3. The maximum atomic E-state index is 12.9. The first-order valence-electron chi connectivity index (χ1n) is 9.33. The normalized spacial score (nSPS) is 14.5. The molecule has 1 aliphatic rings. The molecule has 28 heavy (non-hydrogen) atoms. The minimum Gasteiger partial charge on any atom is -0.378 e. The smallest absolute Gasteiger partial charge is 0.261 e. The number of nitrogens with one attached hydrogen (secondary N) is 1. The SMILES string of the molecule is Cc1nc(C)c2c(C)c(C(=O)NCc3cccnc3N3CCOCC3)sc2n1. The molecule has 0 atom stereocenters. The highest BCUT2D eigenvalue weighted by Crippen LogP contribution is 2.31. The lowest BCUT2D eigenvalue weighted by Gasteiger charge is -2.29. The molecule has 1 aliphatic heterocycles. The van der Waals surface area contributed by atoms with Crippen LogP contribution in [0, 0.1) is 20.8 Å². The fourth-order valence-electron chi connectivity index (χ4n) is 3.57. The highest BCUT2D eigenvalue weighted by Gasteiger charge is 2.20. The van der Waals surface area contributed by atoms with Gasteiger partial charge in [-0.3, -0.25) is 4.79 Å². The predicted octanol–water partition coefficient (Wildman–Crippen LogP) is 2.78.